The van der Waals surface area contributed by atoms with E-state index in [1.54, 1.807) is 10.5 Å². The van der Waals surface area contributed by atoms with Crippen LogP contribution in [0, 0.1) is 0 Å². The molecule has 9 heteroatoms. The van der Waals surface area contributed by atoms with Gasteiger partial charge in [-0.2, -0.15) is 0 Å². The number of nitrogens with zero attached hydrogens (tertiary/aromatic N) is 3. The van der Waals surface area contributed by atoms with Gasteiger partial charge in [-0.05, 0) is 42.0 Å². The Kier molecular flexibility index (Phi) is 5.60. The monoisotopic (exact) mass is 454 g/mol. The number of hydrogen-bond donors (Lipinski definition) is 1. The number of sulfonamides is 1. The molecule has 0 atom stereocenters. The van der Waals surface area contributed by atoms with Gasteiger partial charge in [0.1, 0.15) is 17.5 Å². The van der Waals surface area contributed by atoms with Crippen LogP contribution in [0.2, 0.25) is 0 Å². The summed E-state index contributed by atoms with van der Waals surface area (Å²) in [5.74, 6) is 0.310. The second-order valence-electron chi connectivity index (χ2n) is 8.43. The number of amides is 1. The van der Waals surface area contributed by atoms with E-state index in [4.69, 9.17) is 4.74 Å². The summed E-state index contributed by atoms with van der Waals surface area (Å²) in [5, 5.41) is 0.554. The highest BCUT2D eigenvalue weighted by molar-refractivity contribution is 7.89. The lowest BCUT2D eigenvalue weighted by Crippen LogP contribution is -2.60. The number of fused-ring (bicyclic) bond motifs is 1. The van der Waals surface area contributed by atoms with Crippen molar-refractivity contribution < 1.29 is 17.9 Å². The summed E-state index contributed by atoms with van der Waals surface area (Å²) in [5.41, 5.74) is 2.98. The second-order valence-corrected chi connectivity index (χ2v) is 10.6. The Balaban J connectivity index is 1.13. The van der Waals surface area contributed by atoms with Crippen molar-refractivity contribution >= 4 is 27.1 Å². The lowest BCUT2D eigenvalue weighted by atomic mass is 9.90. The van der Waals surface area contributed by atoms with E-state index in [0.29, 0.717) is 19.0 Å². The van der Waals surface area contributed by atoms with Crippen LogP contribution in [0.5, 0.6) is 0 Å². The summed E-state index contributed by atoms with van der Waals surface area (Å²) in [6.07, 6.45) is 4.84. The maximum Gasteiger partial charge on any atom is 0.410 e. The quantitative estimate of drug-likeness (QED) is 0.639. The molecule has 2 aliphatic rings. The van der Waals surface area contributed by atoms with Crippen LogP contribution < -0.4 is 0 Å². The summed E-state index contributed by atoms with van der Waals surface area (Å²) >= 11 is 0. The standard InChI is InChI=1S/C23H26N4O4S/c28-23(31-16-17-5-2-1-3-6-17)26-14-19(15-26)32(29,30)27-11-8-18(9-12-27)21-13-25-22-20(21)7-4-10-24-22/h1-7,10,13,18-19H,8-9,11-12,14-16H2,(H,24,25). The molecule has 32 heavy (non-hydrogen) atoms. The molecular weight excluding hydrogens is 428 g/mol. The Hall–Kier alpha value is -2.91. The van der Waals surface area contributed by atoms with Gasteiger partial charge in [0.25, 0.3) is 0 Å². The van der Waals surface area contributed by atoms with Gasteiger partial charge in [-0.3, -0.25) is 0 Å². The molecule has 1 aromatic carbocycles. The molecule has 2 aliphatic heterocycles. The molecule has 8 nitrogen and oxygen atoms in total. The summed E-state index contributed by atoms with van der Waals surface area (Å²) < 4.78 is 33.0. The zero-order chi connectivity index (χ0) is 22.1. The number of ether oxygens (including phenoxy) is 1. The number of benzene rings is 1. The topological polar surface area (TPSA) is 95.6 Å². The van der Waals surface area contributed by atoms with E-state index in [9.17, 15) is 13.2 Å². The Morgan fingerprint density at radius 2 is 1.84 bits per heavy atom. The number of H-pyrrole nitrogens is 1. The zero-order valence-corrected chi connectivity index (χ0v) is 18.5. The fourth-order valence-electron chi connectivity index (χ4n) is 4.53. The van der Waals surface area contributed by atoms with Crippen molar-refractivity contribution in [1.29, 1.82) is 0 Å². The first-order valence-corrected chi connectivity index (χ1v) is 12.4. The molecular formula is C23H26N4O4S. The number of piperidine rings is 1. The molecule has 0 spiro atoms. The third-order valence-corrected chi connectivity index (χ3v) is 8.69. The molecule has 2 fully saturated rings. The molecule has 168 valence electrons. The van der Waals surface area contributed by atoms with Gasteiger partial charge in [0.2, 0.25) is 10.0 Å². The van der Waals surface area contributed by atoms with Crippen molar-refractivity contribution in [2.45, 2.75) is 30.6 Å². The molecule has 4 heterocycles. The molecule has 2 saturated heterocycles. The molecule has 0 aliphatic carbocycles. The Morgan fingerprint density at radius 1 is 1.09 bits per heavy atom. The van der Waals surface area contributed by atoms with Gasteiger partial charge in [-0.1, -0.05) is 30.3 Å². The molecule has 0 unspecified atom stereocenters. The smallest absolute Gasteiger partial charge is 0.410 e. The predicted octanol–water partition coefficient (Wildman–Crippen LogP) is 3.09. The Morgan fingerprint density at radius 3 is 2.59 bits per heavy atom. The number of hydrogen-bond acceptors (Lipinski definition) is 5. The fraction of sp³-hybridized carbons (Fsp3) is 0.391. The van der Waals surface area contributed by atoms with Crippen LogP contribution in [0.4, 0.5) is 4.79 Å². The number of nitrogens with one attached hydrogen (secondary N) is 1. The predicted molar refractivity (Wildman–Crippen MR) is 121 cm³/mol. The average molecular weight is 455 g/mol. The Labute approximate surface area is 187 Å². The minimum absolute atomic E-state index is 0.185. The number of carbonyl (C=O) groups excluding carboxylic acids is 1. The van der Waals surface area contributed by atoms with Crippen molar-refractivity contribution in [3.8, 4) is 0 Å². The largest absolute Gasteiger partial charge is 0.445 e. The van der Waals surface area contributed by atoms with Crippen LogP contribution >= 0.6 is 0 Å². The van der Waals surface area contributed by atoms with Crippen LogP contribution in [-0.2, 0) is 21.4 Å². The van der Waals surface area contributed by atoms with Crippen LogP contribution in [0.25, 0.3) is 11.0 Å². The summed E-state index contributed by atoms with van der Waals surface area (Å²) in [6.45, 7) is 1.54. The first-order valence-electron chi connectivity index (χ1n) is 10.9. The van der Waals surface area contributed by atoms with Crippen molar-refractivity contribution in [2.24, 2.45) is 0 Å². The van der Waals surface area contributed by atoms with E-state index in [-0.39, 0.29) is 19.7 Å². The number of rotatable bonds is 5. The highest BCUT2D eigenvalue weighted by Crippen LogP contribution is 2.34. The van der Waals surface area contributed by atoms with Gasteiger partial charge >= 0.3 is 6.09 Å². The lowest BCUT2D eigenvalue weighted by Gasteiger charge is -2.41. The van der Waals surface area contributed by atoms with Gasteiger partial charge < -0.3 is 14.6 Å². The molecule has 3 aromatic rings. The van der Waals surface area contributed by atoms with E-state index < -0.39 is 21.4 Å². The maximum atomic E-state index is 13.1. The number of likely N-dealkylation sites (tertiary alicyclic amines) is 1. The van der Waals surface area contributed by atoms with E-state index in [1.807, 2.05) is 42.6 Å². The lowest BCUT2D eigenvalue weighted by molar-refractivity contribution is 0.0758. The average Bonchev–Trinajstić information content (AvgIpc) is 3.21. The third-order valence-electron chi connectivity index (χ3n) is 6.47. The van der Waals surface area contributed by atoms with Crippen LogP contribution in [0.15, 0.2) is 54.9 Å². The van der Waals surface area contributed by atoms with Gasteiger partial charge in [-0.15, -0.1) is 0 Å². The zero-order valence-electron chi connectivity index (χ0n) is 17.7. The van der Waals surface area contributed by atoms with Crippen molar-refractivity contribution in [3.63, 3.8) is 0 Å². The van der Waals surface area contributed by atoms with Gasteiger partial charge in [0.05, 0.1) is 0 Å². The van der Waals surface area contributed by atoms with E-state index in [0.717, 1.165) is 29.4 Å². The first kappa shape index (κ1) is 21.0. The van der Waals surface area contributed by atoms with Gasteiger partial charge in [-0.25, -0.2) is 22.5 Å². The molecule has 0 bridgehead atoms. The fourth-order valence-corrected chi connectivity index (χ4v) is 6.41. The number of carbonyl (C=O) groups is 1. The highest BCUT2D eigenvalue weighted by Gasteiger charge is 2.44. The van der Waals surface area contributed by atoms with E-state index >= 15 is 0 Å². The summed E-state index contributed by atoms with van der Waals surface area (Å²) in [6, 6.07) is 13.4. The number of aromatic amines is 1. The molecule has 1 amide bonds. The normalized spacial score (nSPS) is 18.6. The highest BCUT2D eigenvalue weighted by atomic mass is 32.2. The van der Waals surface area contributed by atoms with Crippen LogP contribution in [-0.4, -0.2) is 65.1 Å². The summed E-state index contributed by atoms with van der Waals surface area (Å²) in [7, 11) is -3.43. The third kappa shape index (κ3) is 3.98. The minimum atomic E-state index is -3.43. The van der Waals surface area contributed by atoms with Crippen molar-refractivity contribution in [2.75, 3.05) is 26.2 Å². The van der Waals surface area contributed by atoms with Crippen LogP contribution in [0.3, 0.4) is 0 Å². The van der Waals surface area contributed by atoms with Crippen molar-refractivity contribution in [3.05, 3.63) is 66.0 Å². The number of aromatic nitrogens is 2. The summed E-state index contributed by atoms with van der Waals surface area (Å²) in [4.78, 5) is 21.2. The Bertz CT molecular complexity index is 1200. The molecule has 0 radical (unpaired) electrons. The molecule has 1 N–H and O–H groups in total. The molecule has 0 saturated carbocycles. The van der Waals surface area contributed by atoms with Crippen LogP contribution in [0.1, 0.15) is 29.9 Å². The van der Waals surface area contributed by atoms with E-state index in [2.05, 4.69) is 16.0 Å². The first-order chi connectivity index (χ1) is 15.5. The molecule has 2 aromatic heterocycles. The SMILES string of the molecule is O=C(OCc1ccccc1)N1CC(S(=O)(=O)N2CCC(c3c[nH]c4ncccc34)CC2)C1. The van der Waals surface area contributed by atoms with Gasteiger partial charge in [0.15, 0.2) is 0 Å². The van der Waals surface area contributed by atoms with Gasteiger partial charge in [0, 0.05) is 44.0 Å². The number of pyridine rings is 1. The molecule has 5 rings (SSSR count). The minimum Gasteiger partial charge on any atom is -0.445 e. The van der Waals surface area contributed by atoms with Crippen molar-refractivity contribution in [1.82, 2.24) is 19.2 Å². The van der Waals surface area contributed by atoms with E-state index in [1.165, 1.54) is 10.5 Å². The second kappa shape index (κ2) is 8.55. The maximum absolute atomic E-state index is 13.1.